The first-order valence-electron chi connectivity index (χ1n) is 2.72. The minimum absolute atomic E-state index is 0. The number of hydrogen-bond donors (Lipinski definition) is 2. The third-order valence-electron chi connectivity index (χ3n) is 1.29. The molecule has 2 N–H and O–H groups in total. The third-order valence-corrected chi connectivity index (χ3v) is 1.29. The molecule has 1 aliphatic rings. The molecule has 1 atom stereocenters. The molecule has 0 saturated carbocycles. The molecule has 1 fully saturated rings. The molecule has 1 rings (SSSR count). The Morgan fingerprint density at radius 3 is 2.50 bits per heavy atom. The minimum Gasteiger partial charge on any atom is -0.480 e. The molecule has 61 valence electrons. The molecule has 0 aromatic carbocycles. The van der Waals surface area contributed by atoms with Gasteiger partial charge in [-0.15, -0.1) is 0 Å². The van der Waals surface area contributed by atoms with Gasteiger partial charge in [-0.1, -0.05) is 0 Å². The van der Waals surface area contributed by atoms with Crippen molar-refractivity contribution >= 4 is 11.9 Å². The van der Waals surface area contributed by atoms with Crippen LogP contribution in [0.15, 0.2) is 0 Å². The molecule has 5 heteroatoms. The van der Waals surface area contributed by atoms with Crippen molar-refractivity contribution in [2.75, 3.05) is 0 Å². The first-order chi connectivity index (χ1) is 4.20. The van der Waals surface area contributed by atoms with Crippen LogP contribution in [0, 0.1) is 0 Å². The van der Waals surface area contributed by atoms with Crippen molar-refractivity contribution in [2.45, 2.75) is 18.9 Å². The monoisotopic (exact) mass is 192 g/mol. The zero-order chi connectivity index (χ0) is 6.85. The number of carboxylic acids is 1. The molecule has 0 aromatic rings. The topological polar surface area (TPSA) is 66.4 Å². The number of nitrogens with one attached hydrogen (secondary N) is 1. The molecule has 4 nitrogen and oxygen atoms in total. The van der Waals surface area contributed by atoms with E-state index < -0.39 is 12.0 Å². The third kappa shape index (κ3) is 2.00. The smallest absolute Gasteiger partial charge is 0.326 e. The summed E-state index contributed by atoms with van der Waals surface area (Å²) in [6, 6.07) is -0.641. The Bertz CT molecular complexity index is 159. The number of carbonyl (C=O) groups excluding carboxylic acids is 1. The maximum absolute atomic E-state index is 10.4. The van der Waals surface area contributed by atoms with Crippen molar-refractivity contribution in [2.24, 2.45) is 0 Å². The first-order valence-corrected chi connectivity index (χ1v) is 2.72. The normalized spacial score (nSPS) is 23.2. The van der Waals surface area contributed by atoms with Gasteiger partial charge >= 0.3 is 5.97 Å². The van der Waals surface area contributed by atoms with Crippen LogP contribution < -0.4 is 5.32 Å². The Kier molecular flexibility index (Phi) is 3.39. The van der Waals surface area contributed by atoms with Crippen molar-refractivity contribution in [1.82, 2.24) is 5.32 Å². The van der Waals surface area contributed by atoms with Crippen molar-refractivity contribution < 1.29 is 31.8 Å². The summed E-state index contributed by atoms with van der Waals surface area (Å²) in [6.07, 6.45) is 0.769. The second kappa shape index (κ2) is 3.58. The number of hydrogen-bond acceptors (Lipinski definition) is 2. The van der Waals surface area contributed by atoms with E-state index in [4.69, 9.17) is 5.11 Å². The van der Waals surface area contributed by atoms with E-state index in [2.05, 4.69) is 5.32 Å². The molecule has 0 aromatic heterocycles. The van der Waals surface area contributed by atoms with Gasteiger partial charge in [0.05, 0.1) is 0 Å². The number of carboxylic acid groups (broad SMARTS) is 1. The Balaban J connectivity index is 0.000000810. The molecule has 1 saturated heterocycles. The zero-order valence-corrected chi connectivity index (χ0v) is 6.00. The Labute approximate surface area is 68.5 Å². The molecule has 1 heterocycles. The van der Waals surface area contributed by atoms with Gasteiger partial charge < -0.3 is 10.4 Å². The van der Waals surface area contributed by atoms with Crippen LogP contribution in [-0.4, -0.2) is 23.0 Å². The summed E-state index contributed by atoms with van der Waals surface area (Å²) < 4.78 is 0. The SMILES string of the molecule is O=C1CCC(C(=O)O)N1.[Cu]. The van der Waals surface area contributed by atoms with E-state index in [-0.39, 0.29) is 23.0 Å². The van der Waals surface area contributed by atoms with E-state index in [9.17, 15) is 9.59 Å². The molecule has 0 spiro atoms. The van der Waals surface area contributed by atoms with Gasteiger partial charge in [0.25, 0.3) is 0 Å². The van der Waals surface area contributed by atoms with Crippen molar-refractivity contribution in [3.63, 3.8) is 0 Å². The van der Waals surface area contributed by atoms with Gasteiger partial charge in [0, 0.05) is 23.5 Å². The van der Waals surface area contributed by atoms with Crippen LogP contribution in [0.3, 0.4) is 0 Å². The van der Waals surface area contributed by atoms with Crippen LogP contribution in [0.4, 0.5) is 0 Å². The minimum atomic E-state index is -0.944. The van der Waals surface area contributed by atoms with E-state index in [0.29, 0.717) is 12.8 Å². The molecule has 1 aliphatic heterocycles. The van der Waals surface area contributed by atoms with Gasteiger partial charge in [0.1, 0.15) is 6.04 Å². The number of rotatable bonds is 1. The van der Waals surface area contributed by atoms with Crippen molar-refractivity contribution in [3.05, 3.63) is 0 Å². The van der Waals surface area contributed by atoms with Gasteiger partial charge in [0.2, 0.25) is 5.91 Å². The summed E-state index contributed by atoms with van der Waals surface area (Å²) in [5.41, 5.74) is 0. The summed E-state index contributed by atoms with van der Waals surface area (Å²) in [7, 11) is 0. The van der Waals surface area contributed by atoms with Crippen molar-refractivity contribution in [1.29, 1.82) is 0 Å². The van der Waals surface area contributed by atoms with E-state index in [1.165, 1.54) is 0 Å². The second-order valence-electron chi connectivity index (χ2n) is 2.00. The fraction of sp³-hybridized carbons (Fsp3) is 0.600. The van der Waals surface area contributed by atoms with Gasteiger partial charge in [-0.05, 0) is 6.42 Å². The fourth-order valence-electron chi connectivity index (χ4n) is 0.799. The van der Waals surface area contributed by atoms with E-state index in [0.717, 1.165) is 0 Å². The quantitative estimate of drug-likeness (QED) is 0.543. The number of aliphatic carboxylic acids is 1. The predicted molar refractivity (Wildman–Crippen MR) is 28.8 cm³/mol. The van der Waals surface area contributed by atoms with Gasteiger partial charge in [0.15, 0.2) is 0 Å². The molecular formula is C5H7CuNO3. The summed E-state index contributed by atoms with van der Waals surface area (Å²) in [6.45, 7) is 0. The Hall–Kier alpha value is -0.541. The van der Waals surface area contributed by atoms with Gasteiger partial charge in [-0.3, -0.25) is 4.79 Å². The van der Waals surface area contributed by atoms with E-state index in [1.54, 1.807) is 0 Å². The second-order valence-corrected chi connectivity index (χ2v) is 2.00. The summed E-state index contributed by atoms with van der Waals surface area (Å²) in [5, 5.41) is 10.6. The fourth-order valence-corrected chi connectivity index (χ4v) is 0.799. The molecule has 1 amide bonds. The van der Waals surface area contributed by atoms with E-state index in [1.807, 2.05) is 0 Å². The average molecular weight is 193 g/mol. The maximum atomic E-state index is 10.4. The Morgan fingerprint density at radius 1 is 1.70 bits per heavy atom. The largest absolute Gasteiger partial charge is 0.480 e. The number of amides is 1. The molecule has 10 heavy (non-hydrogen) atoms. The molecular weight excluding hydrogens is 186 g/mol. The standard InChI is InChI=1S/C5H7NO3.Cu/c7-4-2-1-3(6-4)5(8)9;/h3H,1-2H2,(H,6,7)(H,8,9);. The van der Waals surface area contributed by atoms with Gasteiger partial charge in [-0.2, -0.15) is 0 Å². The van der Waals surface area contributed by atoms with Crippen LogP contribution in [0.2, 0.25) is 0 Å². The van der Waals surface area contributed by atoms with E-state index >= 15 is 0 Å². The van der Waals surface area contributed by atoms with Crippen molar-refractivity contribution in [3.8, 4) is 0 Å². The Morgan fingerprint density at radius 2 is 2.30 bits per heavy atom. The molecule has 1 radical (unpaired) electrons. The van der Waals surface area contributed by atoms with Crippen LogP contribution in [0.5, 0.6) is 0 Å². The predicted octanol–water partition coefficient (Wildman–Crippen LogP) is -0.653. The zero-order valence-electron chi connectivity index (χ0n) is 5.06. The average Bonchev–Trinajstić information content (AvgIpc) is 2.14. The maximum Gasteiger partial charge on any atom is 0.326 e. The molecule has 0 bridgehead atoms. The first kappa shape index (κ1) is 9.46. The summed E-state index contributed by atoms with van der Waals surface area (Å²) in [4.78, 5) is 20.5. The summed E-state index contributed by atoms with van der Waals surface area (Å²) in [5.74, 6) is -1.11. The number of carbonyl (C=O) groups is 2. The van der Waals surface area contributed by atoms with Crippen LogP contribution in [0.1, 0.15) is 12.8 Å². The van der Waals surface area contributed by atoms with Crippen LogP contribution >= 0.6 is 0 Å². The molecule has 1 unspecified atom stereocenters. The molecule has 0 aliphatic carbocycles. The van der Waals surface area contributed by atoms with Gasteiger partial charge in [-0.25, -0.2) is 4.79 Å². The van der Waals surface area contributed by atoms with Crippen LogP contribution in [0.25, 0.3) is 0 Å². The van der Waals surface area contributed by atoms with Crippen LogP contribution in [-0.2, 0) is 26.7 Å². The summed E-state index contributed by atoms with van der Waals surface area (Å²) >= 11 is 0.